The minimum absolute atomic E-state index is 0.0212. The fraction of sp³-hybridized carbons (Fsp3) is 0.364. The van der Waals surface area contributed by atoms with E-state index in [-0.39, 0.29) is 41.9 Å². The lowest BCUT2D eigenvalue weighted by molar-refractivity contribution is -0.147. The molecular formula is C33H39N5O9. The molecule has 0 aliphatic heterocycles. The van der Waals surface area contributed by atoms with E-state index in [1.807, 2.05) is 14.1 Å². The predicted octanol–water partition coefficient (Wildman–Crippen LogP) is 1.85. The first-order valence-corrected chi connectivity index (χ1v) is 14.8. The summed E-state index contributed by atoms with van der Waals surface area (Å²) in [6, 6.07) is 7.31. The number of fused-ring (bicyclic) bond motifs is 3. The summed E-state index contributed by atoms with van der Waals surface area (Å²) in [5.74, 6) is -7.17. The van der Waals surface area contributed by atoms with Crippen molar-refractivity contribution in [3.8, 4) is 5.75 Å². The molecule has 1 fully saturated rings. The number of amides is 3. The molecular weight excluding hydrogens is 610 g/mol. The first-order chi connectivity index (χ1) is 22.1. The van der Waals surface area contributed by atoms with Crippen molar-refractivity contribution in [2.45, 2.75) is 38.3 Å². The van der Waals surface area contributed by atoms with Gasteiger partial charge >= 0.3 is 6.03 Å². The number of Topliss-reactive ketones (excluding diaryl/α,β-unsaturated/α-hetero) is 3. The number of nitrogens with zero attached hydrogens (tertiary/aromatic N) is 1. The van der Waals surface area contributed by atoms with E-state index in [2.05, 4.69) is 16.0 Å². The third-order valence-corrected chi connectivity index (χ3v) is 8.59. The summed E-state index contributed by atoms with van der Waals surface area (Å²) in [4.78, 5) is 64.1. The van der Waals surface area contributed by atoms with Crippen molar-refractivity contribution >= 4 is 46.4 Å². The molecule has 14 heteroatoms. The van der Waals surface area contributed by atoms with Crippen LogP contribution >= 0.6 is 0 Å². The Labute approximate surface area is 270 Å². The topological polar surface area (TPSA) is 232 Å². The van der Waals surface area contributed by atoms with Gasteiger partial charge in [-0.05, 0) is 75.7 Å². The van der Waals surface area contributed by atoms with Crippen LogP contribution in [0.3, 0.4) is 0 Å². The van der Waals surface area contributed by atoms with Crippen LogP contribution in [0.5, 0.6) is 5.75 Å². The molecule has 3 atom stereocenters. The summed E-state index contributed by atoms with van der Waals surface area (Å²) in [5, 5.41) is 53.0. The normalized spacial score (nSPS) is 21.5. The maximum absolute atomic E-state index is 13.8. The molecule has 0 bridgehead atoms. The van der Waals surface area contributed by atoms with E-state index in [0.717, 1.165) is 0 Å². The number of ketones is 3. The third kappa shape index (κ3) is 6.16. The first kappa shape index (κ1) is 34.7. The van der Waals surface area contributed by atoms with Crippen LogP contribution < -0.4 is 26.6 Å². The van der Waals surface area contributed by atoms with Crippen molar-refractivity contribution in [2.24, 2.45) is 17.6 Å². The second kappa shape index (κ2) is 13.3. The monoisotopic (exact) mass is 649 g/mol. The van der Waals surface area contributed by atoms with Gasteiger partial charge in [0.2, 0.25) is 5.78 Å². The molecule has 1 unspecified atom stereocenters. The maximum Gasteiger partial charge on any atom is 0.319 e. The minimum Gasteiger partial charge on any atom is -0.508 e. The largest absolute Gasteiger partial charge is 0.508 e. The number of nitrogens with two attached hydrogens (primary N) is 1. The molecule has 14 nitrogen and oxygen atoms in total. The second-order valence-corrected chi connectivity index (χ2v) is 12.0. The van der Waals surface area contributed by atoms with Crippen molar-refractivity contribution in [1.82, 2.24) is 10.6 Å². The molecule has 3 aliphatic rings. The van der Waals surface area contributed by atoms with Gasteiger partial charge in [0.05, 0.1) is 5.56 Å². The lowest BCUT2D eigenvalue weighted by Gasteiger charge is -2.46. The van der Waals surface area contributed by atoms with Crippen LogP contribution in [0.25, 0.3) is 5.76 Å². The molecule has 9 N–H and O–H groups in total. The van der Waals surface area contributed by atoms with Crippen molar-refractivity contribution in [3.05, 3.63) is 69.5 Å². The van der Waals surface area contributed by atoms with Gasteiger partial charge < -0.3 is 47.0 Å². The number of rotatable bonds is 6. The Kier molecular flexibility index (Phi) is 9.78. The van der Waals surface area contributed by atoms with Crippen molar-refractivity contribution in [2.75, 3.05) is 38.4 Å². The van der Waals surface area contributed by atoms with Gasteiger partial charge in [-0.1, -0.05) is 0 Å². The van der Waals surface area contributed by atoms with Gasteiger partial charge in [0.1, 0.15) is 22.8 Å². The van der Waals surface area contributed by atoms with E-state index in [9.17, 15) is 44.4 Å². The number of phenolic OH excluding ortho intramolecular Hbond substituents is 1. The van der Waals surface area contributed by atoms with E-state index in [0.29, 0.717) is 22.5 Å². The highest BCUT2D eigenvalue weighted by Gasteiger charge is 2.60. The van der Waals surface area contributed by atoms with Gasteiger partial charge in [0.15, 0.2) is 17.2 Å². The zero-order chi connectivity index (χ0) is 35.0. The highest BCUT2D eigenvalue weighted by Crippen LogP contribution is 2.53. The van der Waals surface area contributed by atoms with Gasteiger partial charge in [-0.15, -0.1) is 0 Å². The summed E-state index contributed by atoms with van der Waals surface area (Å²) < 4.78 is 0. The highest BCUT2D eigenvalue weighted by atomic mass is 16.3. The molecule has 250 valence electrons. The van der Waals surface area contributed by atoms with E-state index < -0.39 is 70.2 Å². The quantitative estimate of drug-likeness (QED) is 0.166. The molecule has 5 rings (SSSR count). The SMILES string of the molecule is CC(=O)c1ccc(NC(=O)NCc2cc(N(C)C)c3c(c2O)C(O)=C2C(=O)[C@]4(O)C(O)=C(C(N)=O)C(=O)C[C@@H]4CC2C3)cc1.CNC. The van der Waals surface area contributed by atoms with Gasteiger partial charge in [-0.3, -0.25) is 19.2 Å². The minimum atomic E-state index is -2.66. The number of primary amides is 1. The summed E-state index contributed by atoms with van der Waals surface area (Å²) in [7, 11) is 7.24. The number of aliphatic hydroxyl groups is 3. The molecule has 2 aromatic rings. The van der Waals surface area contributed by atoms with Gasteiger partial charge in [0.25, 0.3) is 5.91 Å². The molecule has 0 aromatic heterocycles. The van der Waals surface area contributed by atoms with Crippen molar-refractivity contribution in [3.63, 3.8) is 0 Å². The fourth-order valence-electron chi connectivity index (χ4n) is 6.40. The maximum atomic E-state index is 13.8. The van der Waals surface area contributed by atoms with Crippen LogP contribution in [0, 0.1) is 11.8 Å². The van der Waals surface area contributed by atoms with Crippen LogP contribution in [0.2, 0.25) is 0 Å². The molecule has 47 heavy (non-hydrogen) atoms. The first-order valence-electron chi connectivity index (χ1n) is 14.8. The van der Waals surface area contributed by atoms with Gasteiger partial charge in [-0.25, -0.2) is 4.79 Å². The van der Waals surface area contributed by atoms with Gasteiger partial charge in [0, 0.05) is 61.1 Å². The number of aliphatic hydroxyl groups excluding tert-OH is 2. The molecule has 2 aromatic carbocycles. The molecule has 3 aliphatic carbocycles. The number of urea groups is 1. The van der Waals surface area contributed by atoms with Crippen LogP contribution in [-0.2, 0) is 27.3 Å². The summed E-state index contributed by atoms with van der Waals surface area (Å²) >= 11 is 0. The Morgan fingerprint density at radius 2 is 1.66 bits per heavy atom. The predicted molar refractivity (Wildman–Crippen MR) is 173 cm³/mol. The molecule has 1 saturated carbocycles. The number of hydrogen-bond donors (Lipinski definition) is 8. The zero-order valence-electron chi connectivity index (χ0n) is 26.7. The standard InChI is InChI=1S/C31H32N4O9.C2H7N/c1-13(36)14-4-6-18(7-5-14)34-30(43)33-12-16-10-20(35(2)3)19-9-15-8-17-11-21(37)24(29(32)42)28(41)31(17,44)27(40)22(15)26(39)23(19)25(16)38;1-3-2/h4-7,10,15,17,38-39,41,44H,8-9,11-12H2,1-3H3,(H2,32,42)(H2,33,34,43);3H,1-2H3/t15?,17-,31-;/m0./s1. The number of nitrogens with one attached hydrogen (secondary N) is 3. The van der Waals surface area contributed by atoms with Crippen LogP contribution in [-0.4, -0.2) is 83.5 Å². The highest BCUT2D eigenvalue weighted by molar-refractivity contribution is 6.22. The summed E-state index contributed by atoms with van der Waals surface area (Å²) in [5.41, 5.74) is 3.63. The van der Waals surface area contributed by atoms with Crippen molar-refractivity contribution < 1.29 is 44.4 Å². The summed E-state index contributed by atoms with van der Waals surface area (Å²) in [6.45, 7) is 1.24. The zero-order valence-corrected chi connectivity index (χ0v) is 26.7. The second-order valence-electron chi connectivity index (χ2n) is 12.0. The molecule has 0 heterocycles. The number of hydrogen-bond acceptors (Lipinski definition) is 11. The van der Waals surface area contributed by atoms with Gasteiger partial charge in [-0.2, -0.15) is 0 Å². The smallest absolute Gasteiger partial charge is 0.319 e. The van der Waals surface area contributed by atoms with Crippen LogP contribution in [0.4, 0.5) is 16.2 Å². The number of carbonyl (C=O) groups excluding carboxylic acids is 5. The Bertz CT molecular complexity index is 1730. The van der Waals surface area contributed by atoms with Crippen LogP contribution in [0.15, 0.2) is 47.2 Å². The van der Waals surface area contributed by atoms with E-state index in [1.165, 1.54) is 6.92 Å². The summed E-state index contributed by atoms with van der Waals surface area (Å²) in [6.07, 6.45) is -0.228. The molecule has 0 saturated heterocycles. The van der Waals surface area contributed by atoms with Crippen molar-refractivity contribution in [1.29, 1.82) is 0 Å². The average molecular weight is 650 g/mol. The lowest BCUT2D eigenvalue weighted by atomic mass is 9.59. The fourth-order valence-corrected chi connectivity index (χ4v) is 6.40. The Balaban J connectivity index is 0.00000160. The Morgan fingerprint density at radius 1 is 1.04 bits per heavy atom. The molecule has 0 radical (unpaired) electrons. The van der Waals surface area contributed by atoms with E-state index in [1.54, 1.807) is 49.3 Å². The Morgan fingerprint density at radius 3 is 2.21 bits per heavy atom. The Hall–Kier alpha value is -5.21. The van der Waals surface area contributed by atoms with Crippen LogP contribution in [0.1, 0.15) is 46.8 Å². The van der Waals surface area contributed by atoms with E-state index in [4.69, 9.17) is 5.73 Å². The number of phenols is 1. The third-order valence-electron chi connectivity index (χ3n) is 8.59. The molecule has 0 spiro atoms. The average Bonchev–Trinajstić information content (AvgIpc) is 2.99. The molecule has 3 amide bonds. The lowest BCUT2D eigenvalue weighted by Crippen LogP contribution is -2.58. The number of carbonyl (C=O) groups is 5. The number of aromatic hydroxyl groups is 1. The number of benzene rings is 2. The van der Waals surface area contributed by atoms with E-state index >= 15 is 0 Å². The number of anilines is 2.